The molecule has 4 heteroatoms. The third kappa shape index (κ3) is 5.20. The van der Waals surface area contributed by atoms with Crippen molar-refractivity contribution in [1.82, 2.24) is 5.32 Å². The predicted octanol–water partition coefficient (Wildman–Crippen LogP) is 3.84. The number of hydrogen-bond donors (Lipinski definition) is 2. The molecule has 0 unspecified atom stereocenters. The van der Waals surface area contributed by atoms with E-state index in [0.29, 0.717) is 5.75 Å². The van der Waals surface area contributed by atoms with Gasteiger partial charge in [-0.2, -0.15) is 0 Å². The van der Waals surface area contributed by atoms with Crippen molar-refractivity contribution in [2.75, 3.05) is 17.6 Å². The Morgan fingerprint density at radius 1 is 1.09 bits per heavy atom. The Kier molecular flexibility index (Phi) is 6.49. The molecule has 0 radical (unpaired) electrons. The lowest BCUT2D eigenvalue weighted by Crippen LogP contribution is -2.18. The fourth-order valence-electron chi connectivity index (χ4n) is 2.03. The molecule has 0 fully saturated rings. The van der Waals surface area contributed by atoms with Gasteiger partial charge in [0.2, 0.25) is 5.91 Å². The summed E-state index contributed by atoms with van der Waals surface area (Å²) in [7, 11) is 0. The Bertz CT molecular complexity index is 611. The summed E-state index contributed by atoms with van der Waals surface area (Å²) < 4.78 is 0. The van der Waals surface area contributed by atoms with E-state index in [4.69, 9.17) is 0 Å². The van der Waals surface area contributed by atoms with Crippen LogP contribution in [0.5, 0.6) is 0 Å². The fourth-order valence-corrected chi connectivity index (χ4v) is 2.72. The van der Waals surface area contributed by atoms with Gasteiger partial charge >= 0.3 is 0 Å². The van der Waals surface area contributed by atoms with E-state index in [1.54, 1.807) is 11.8 Å². The summed E-state index contributed by atoms with van der Waals surface area (Å²) in [6.07, 6.45) is 0. The van der Waals surface area contributed by atoms with Gasteiger partial charge in [-0.05, 0) is 37.2 Å². The summed E-state index contributed by atoms with van der Waals surface area (Å²) in [5.41, 5.74) is 3.22. The Hall–Kier alpha value is -1.78. The molecule has 0 aromatic heterocycles. The van der Waals surface area contributed by atoms with E-state index in [1.807, 2.05) is 36.4 Å². The summed E-state index contributed by atoms with van der Waals surface area (Å²) in [5.74, 6) is 0.438. The number of thioether (sulfide) groups is 1. The monoisotopic (exact) mass is 314 g/mol. The predicted molar refractivity (Wildman–Crippen MR) is 94.4 cm³/mol. The maximum absolute atomic E-state index is 12.1. The van der Waals surface area contributed by atoms with E-state index in [-0.39, 0.29) is 5.91 Å². The van der Waals surface area contributed by atoms with E-state index in [9.17, 15) is 4.79 Å². The molecule has 0 atom stereocenters. The van der Waals surface area contributed by atoms with Crippen molar-refractivity contribution in [2.45, 2.75) is 25.3 Å². The Morgan fingerprint density at radius 3 is 2.55 bits per heavy atom. The zero-order chi connectivity index (χ0) is 15.8. The lowest BCUT2D eigenvalue weighted by atomic mass is 10.1. The van der Waals surface area contributed by atoms with E-state index in [0.717, 1.165) is 29.2 Å². The zero-order valence-corrected chi connectivity index (χ0v) is 13.9. The molecular formula is C18H22N2OS. The number of rotatable bonds is 7. The Balaban J connectivity index is 1.90. The van der Waals surface area contributed by atoms with Gasteiger partial charge < -0.3 is 10.6 Å². The first kappa shape index (κ1) is 16.6. The van der Waals surface area contributed by atoms with Crippen LogP contribution in [-0.4, -0.2) is 18.2 Å². The molecular weight excluding hydrogens is 292 g/mol. The third-order valence-corrected chi connectivity index (χ3v) is 4.26. The molecule has 2 N–H and O–H groups in total. The SMILES string of the molecule is CCNCc1ccccc1NC(=O)CSc1ccc(C)cc1. The highest BCUT2D eigenvalue weighted by Gasteiger charge is 2.07. The van der Waals surface area contributed by atoms with Gasteiger partial charge in [0.25, 0.3) is 0 Å². The molecule has 3 nitrogen and oxygen atoms in total. The standard InChI is InChI=1S/C18H22N2OS/c1-3-19-12-15-6-4-5-7-17(15)20-18(21)13-22-16-10-8-14(2)9-11-16/h4-11,19H,3,12-13H2,1-2H3,(H,20,21). The number of nitrogens with one attached hydrogen (secondary N) is 2. The third-order valence-electron chi connectivity index (χ3n) is 3.25. The van der Waals surface area contributed by atoms with Crippen molar-refractivity contribution in [3.63, 3.8) is 0 Å². The summed E-state index contributed by atoms with van der Waals surface area (Å²) in [6, 6.07) is 16.1. The van der Waals surface area contributed by atoms with E-state index >= 15 is 0 Å². The molecule has 0 saturated heterocycles. The Morgan fingerprint density at radius 2 is 1.82 bits per heavy atom. The van der Waals surface area contributed by atoms with Crippen LogP contribution in [0.1, 0.15) is 18.1 Å². The molecule has 0 aliphatic carbocycles. The normalized spacial score (nSPS) is 10.5. The molecule has 2 aromatic carbocycles. The average Bonchev–Trinajstić information content (AvgIpc) is 2.53. The van der Waals surface area contributed by atoms with Crippen LogP contribution in [0.4, 0.5) is 5.69 Å². The topological polar surface area (TPSA) is 41.1 Å². The van der Waals surface area contributed by atoms with Gasteiger partial charge in [0, 0.05) is 17.1 Å². The number of hydrogen-bond acceptors (Lipinski definition) is 3. The number of benzene rings is 2. The Labute approximate surface area is 136 Å². The smallest absolute Gasteiger partial charge is 0.234 e. The lowest BCUT2D eigenvalue weighted by Gasteiger charge is -2.11. The van der Waals surface area contributed by atoms with Gasteiger partial charge in [0.05, 0.1) is 5.75 Å². The molecule has 1 amide bonds. The fraction of sp³-hybridized carbons (Fsp3) is 0.278. The second kappa shape index (κ2) is 8.61. The summed E-state index contributed by atoms with van der Waals surface area (Å²) >= 11 is 1.55. The number of aryl methyl sites for hydroxylation is 1. The second-order valence-electron chi connectivity index (χ2n) is 5.09. The van der Waals surface area contributed by atoms with Gasteiger partial charge in [-0.25, -0.2) is 0 Å². The molecule has 0 aliphatic heterocycles. The molecule has 2 aromatic rings. The molecule has 0 bridgehead atoms. The molecule has 0 aliphatic rings. The van der Waals surface area contributed by atoms with E-state index < -0.39 is 0 Å². The average molecular weight is 314 g/mol. The summed E-state index contributed by atoms with van der Waals surface area (Å²) in [5, 5.41) is 6.29. The molecule has 2 rings (SSSR count). The first-order chi connectivity index (χ1) is 10.7. The van der Waals surface area contributed by atoms with Crippen molar-refractivity contribution < 1.29 is 4.79 Å². The lowest BCUT2D eigenvalue weighted by molar-refractivity contribution is -0.113. The quantitative estimate of drug-likeness (QED) is 0.763. The molecule has 0 saturated carbocycles. The van der Waals surface area contributed by atoms with Gasteiger partial charge in [-0.3, -0.25) is 4.79 Å². The second-order valence-corrected chi connectivity index (χ2v) is 6.14. The summed E-state index contributed by atoms with van der Waals surface area (Å²) in [4.78, 5) is 13.2. The van der Waals surface area contributed by atoms with Crippen molar-refractivity contribution in [1.29, 1.82) is 0 Å². The van der Waals surface area contributed by atoms with Crippen LogP contribution in [0, 0.1) is 6.92 Å². The van der Waals surface area contributed by atoms with Gasteiger partial charge in [0.15, 0.2) is 0 Å². The first-order valence-electron chi connectivity index (χ1n) is 7.47. The molecule has 22 heavy (non-hydrogen) atoms. The minimum absolute atomic E-state index is 0.0227. The molecule has 0 spiro atoms. The number of carbonyl (C=O) groups is 1. The molecule has 116 valence electrons. The van der Waals surface area contributed by atoms with Gasteiger partial charge in [-0.1, -0.05) is 42.8 Å². The van der Waals surface area contributed by atoms with E-state index in [1.165, 1.54) is 5.56 Å². The van der Waals surface area contributed by atoms with Crippen LogP contribution < -0.4 is 10.6 Å². The summed E-state index contributed by atoms with van der Waals surface area (Å²) in [6.45, 7) is 5.80. The van der Waals surface area contributed by atoms with Crippen LogP contribution >= 0.6 is 11.8 Å². The van der Waals surface area contributed by atoms with Crippen LogP contribution in [0.15, 0.2) is 53.4 Å². The van der Waals surface area contributed by atoms with E-state index in [2.05, 4.69) is 36.6 Å². The maximum atomic E-state index is 12.1. The van der Waals surface area contributed by atoms with Crippen LogP contribution in [0.25, 0.3) is 0 Å². The number of amides is 1. The van der Waals surface area contributed by atoms with Crippen LogP contribution in [0.3, 0.4) is 0 Å². The maximum Gasteiger partial charge on any atom is 0.234 e. The number of carbonyl (C=O) groups excluding carboxylic acids is 1. The highest BCUT2D eigenvalue weighted by molar-refractivity contribution is 8.00. The largest absolute Gasteiger partial charge is 0.325 e. The van der Waals surface area contributed by atoms with Crippen molar-refractivity contribution in [2.24, 2.45) is 0 Å². The van der Waals surface area contributed by atoms with Gasteiger partial charge in [-0.15, -0.1) is 11.8 Å². The zero-order valence-electron chi connectivity index (χ0n) is 13.1. The van der Waals surface area contributed by atoms with Crippen LogP contribution in [-0.2, 0) is 11.3 Å². The van der Waals surface area contributed by atoms with Gasteiger partial charge in [0.1, 0.15) is 0 Å². The van der Waals surface area contributed by atoms with Crippen LogP contribution in [0.2, 0.25) is 0 Å². The highest BCUT2D eigenvalue weighted by atomic mass is 32.2. The minimum atomic E-state index is 0.0227. The highest BCUT2D eigenvalue weighted by Crippen LogP contribution is 2.20. The number of anilines is 1. The van der Waals surface area contributed by atoms with Crippen molar-refractivity contribution >= 4 is 23.4 Å². The number of para-hydroxylation sites is 1. The molecule has 0 heterocycles. The first-order valence-corrected chi connectivity index (χ1v) is 8.45. The van der Waals surface area contributed by atoms with Crippen molar-refractivity contribution in [3.05, 3.63) is 59.7 Å². The van der Waals surface area contributed by atoms with Crippen molar-refractivity contribution in [3.8, 4) is 0 Å². The minimum Gasteiger partial charge on any atom is -0.325 e.